The molecule has 3 N–H and O–H groups in total. The highest BCUT2D eigenvalue weighted by atomic mass is 16.5. The molecule has 0 aliphatic heterocycles. The van der Waals surface area contributed by atoms with Crippen molar-refractivity contribution in [2.24, 2.45) is 5.41 Å². The van der Waals surface area contributed by atoms with Crippen molar-refractivity contribution in [1.82, 2.24) is 0 Å². The van der Waals surface area contributed by atoms with Crippen LogP contribution in [0.15, 0.2) is 18.2 Å². The molecule has 0 radical (unpaired) electrons. The molecule has 0 saturated carbocycles. The van der Waals surface area contributed by atoms with E-state index in [0.29, 0.717) is 12.0 Å². The minimum absolute atomic E-state index is 0.0526. The molecule has 0 bridgehead atoms. The van der Waals surface area contributed by atoms with Gasteiger partial charge in [-0.25, -0.2) is 0 Å². The Balaban J connectivity index is 3.43. The van der Waals surface area contributed by atoms with E-state index in [0.717, 1.165) is 0 Å². The van der Waals surface area contributed by atoms with E-state index >= 15 is 0 Å². The number of phenolic OH excluding ortho intramolecular Hbond substituents is 1. The van der Waals surface area contributed by atoms with Crippen molar-refractivity contribution in [3.8, 4) is 11.5 Å². The van der Waals surface area contributed by atoms with Crippen molar-refractivity contribution in [2.75, 3.05) is 7.11 Å². The summed E-state index contributed by atoms with van der Waals surface area (Å²) in [6.45, 7) is 3.26. The number of carbonyl (C=O) groups is 2. The van der Waals surface area contributed by atoms with Gasteiger partial charge in [-0.1, -0.05) is 19.9 Å². The molecule has 1 rings (SSSR count). The third-order valence-electron chi connectivity index (χ3n) is 3.93. The summed E-state index contributed by atoms with van der Waals surface area (Å²) in [6, 6.07) is 4.45. The number of rotatable bonds is 7. The number of aliphatic carboxylic acids is 2. The van der Waals surface area contributed by atoms with Gasteiger partial charge in [0.1, 0.15) is 0 Å². The van der Waals surface area contributed by atoms with Crippen molar-refractivity contribution < 1.29 is 29.6 Å². The van der Waals surface area contributed by atoms with E-state index in [9.17, 15) is 24.9 Å². The number of carboxylic acid groups (broad SMARTS) is 2. The molecule has 0 aromatic heterocycles. The molecule has 1 aromatic rings. The first kappa shape index (κ1) is 16.8. The molecule has 0 saturated heterocycles. The Morgan fingerprint density at radius 1 is 1.24 bits per heavy atom. The van der Waals surface area contributed by atoms with E-state index in [1.807, 2.05) is 0 Å². The number of ether oxygens (including phenoxy) is 1. The number of hydrogen-bond donors (Lipinski definition) is 3. The van der Waals surface area contributed by atoms with Crippen LogP contribution in [0, 0.1) is 5.41 Å². The van der Waals surface area contributed by atoms with Crippen molar-refractivity contribution in [1.29, 1.82) is 0 Å². The fourth-order valence-corrected chi connectivity index (χ4v) is 2.73. The Bertz CT molecular complexity index is 523. The van der Waals surface area contributed by atoms with Gasteiger partial charge in [-0.2, -0.15) is 0 Å². The molecule has 1 aromatic carbocycles. The number of benzene rings is 1. The van der Waals surface area contributed by atoms with Crippen LogP contribution in [0.2, 0.25) is 0 Å². The van der Waals surface area contributed by atoms with Crippen molar-refractivity contribution >= 4 is 11.9 Å². The maximum Gasteiger partial charge on any atom is 0.321 e. The Labute approximate surface area is 123 Å². The van der Waals surface area contributed by atoms with Gasteiger partial charge in [-0.05, 0) is 30.5 Å². The molecule has 1 unspecified atom stereocenters. The first-order chi connectivity index (χ1) is 9.84. The summed E-state index contributed by atoms with van der Waals surface area (Å²) in [5.74, 6) is -3.40. The summed E-state index contributed by atoms with van der Waals surface area (Å²) in [5, 5.41) is 28.7. The standard InChI is InChI=1S/C15H20O6/c1-4-10(15(5-2,13(17)18)14(19)20)9-6-7-12(21-3)11(16)8-9/h6-8,10,16H,4-5H2,1-3H3,(H,17,18)(H,19,20). The van der Waals surface area contributed by atoms with Gasteiger partial charge in [0.15, 0.2) is 16.9 Å². The number of aromatic hydroxyl groups is 1. The van der Waals surface area contributed by atoms with Crippen LogP contribution in [0.1, 0.15) is 38.2 Å². The highest BCUT2D eigenvalue weighted by molar-refractivity contribution is 5.99. The zero-order chi connectivity index (χ0) is 16.2. The lowest BCUT2D eigenvalue weighted by molar-refractivity contribution is -0.167. The van der Waals surface area contributed by atoms with E-state index in [1.54, 1.807) is 13.0 Å². The van der Waals surface area contributed by atoms with Gasteiger partial charge in [0.05, 0.1) is 7.11 Å². The lowest BCUT2D eigenvalue weighted by Gasteiger charge is -2.32. The summed E-state index contributed by atoms with van der Waals surface area (Å²) < 4.78 is 4.94. The van der Waals surface area contributed by atoms with Gasteiger partial charge >= 0.3 is 11.9 Å². The van der Waals surface area contributed by atoms with Gasteiger partial charge in [-0.3, -0.25) is 9.59 Å². The van der Waals surface area contributed by atoms with E-state index < -0.39 is 23.3 Å². The molecule has 1 atom stereocenters. The predicted molar refractivity (Wildman–Crippen MR) is 75.7 cm³/mol. The quantitative estimate of drug-likeness (QED) is 0.668. The lowest BCUT2D eigenvalue weighted by Crippen LogP contribution is -2.44. The maximum absolute atomic E-state index is 11.6. The molecule has 0 spiro atoms. The normalized spacial score (nSPS) is 12.7. The second-order valence-electron chi connectivity index (χ2n) is 4.83. The van der Waals surface area contributed by atoms with Crippen molar-refractivity contribution in [3.63, 3.8) is 0 Å². The topological polar surface area (TPSA) is 104 Å². The minimum atomic E-state index is -1.92. The maximum atomic E-state index is 11.6. The largest absolute Gasteiger partial charge is 0.504 e. The van der Waals surface area contributed by atoms with Crippen molar-refractivity contribution in [3.05, 3.63) is 23.8 Å². The molecule has 6 heteroatoms. The van der Waals surface area contributed by atoms with Crippen LogP contribution in [0.4, 0.5) is 0 Å². The van der Waals surface area contributed by atoms with Crippen LogP contribution in [0.5, 0.6) is 11.5 Å². The molecule has 0 amide bonds. The monoisotopic (exact) mass is 296 g/mol. The first-order valence-electron chi connectivity index (χ1n) is 6.68. The number of carboxylic acids is 2. The third-order valence-corrected chi connectivity index (χ3v) is 3.93. The minimum Gasteiger partial charge on any atom is -0.504 e. The van der Waals surface area contributed by atoms with Crippen LogP contribution < -0.4 is 4.74 Å². The summed E-state index contributed by atoms with van der Waals surface area (Å²) in [7, 11) is 1.40. The lowest BCUT2D eigenvalue weighted by atomic mass is 9.69. The molecule has 21 heavy (non-hydrogen) atoms. The SMILES string of the molecule is CCC(c1ccc(OC)c(O)c1)C(CC)(C(=O)O)C(=O)O. The summed E-state index contributed by atoms with van der Waals surface area (Å²) in [4.78, 5) is 23.2. The van der Waals surface area contributed by atoms with E-state index in [4.69, 9.17) is 4.74 Å². The molecular weight excluding hydrogens is 276 g/mol. The third kappa shape index (κ3) is 2.79. The molecule has 6 nitrogen and oxygen atoms in total. The first-order valence-corrected chi connectivity index (χ1v) is 6.68. The molecular formula is C15H20O6. The summed E-state index contributed by atoms with van der Waals surface area (Å²) in [5.41, 5.74) is -1.46. The second kappa shape index (κ2) is 6.47. The van der Waals surface area contributed by atoms with Crippen LogP contribution in [-0.4, -0.2) is 34.4 Å². The molecule has 0 aliphatic rings. The van der Waals surface area contributed by atoms with Crippen LogP contribution in [0.3, 0.4) is 0 Å². The van der Waals surface area contributed by atoms with E-state index in [-0.39, 0.29) is 17.9 Å². The number of methoxy groups -OCH3 is 1. The Kier molecular flexibility index (Phi) is 5.18. The highest BCUT2D eigenvalue weighted by Crippen LogP contribution is 2.44. The second-order valence-corrected chi connectivity index (χ2v) is 4.83. The number of hydrogen-bond acceptors (Lipinski definition) is 4. The highest BCUT2D eigenvalue weighted by Gasteiger charge is 2.51. The van der Waals surface area contributed by atoms with Crippen LogP contribution in [0.25, 0.3) is 0 Å². The van der Waals surface area contributed by atoms with Gasteiger partial charge in [-0.15, -0.1) is 0 Å². The van der Waals surface area contributed by atoms with Gasteiger partial charge < -0.3 is 20.1 Å². The van der Waals surface area contributed by atoms with Crippen LogP contribution >= 0.6 is 0 Å². The summed E-state index contributed by atoms with van der Waals surface area (Å²) >= 11 is 0. The fourth-order valence-electron chi connectivity index (χ4n) is 2.73. The fraction of sp³-hybridized carbons (Fsp3) is 0.467. The van der Waals surface area contributed by atoms with E-state index in [1.165, 1.54) is 26.2 Å². The van der Waals surface area contributed by atoms with Gasteiger partial charge in [0.2, 0.25) is 0 Å². The molecule has 0 aliphatic carbocycles. The smallest absolute Gasteiger partial charge is 0.321 e. The Morgan fingerprint density at radius 3 is 2.14 bits per heavy atom. The van der Waals surface area contributed by atoms with Gasteiger partial charge in [0.25, 0.3) is 0 Å². The van der Waals surface area contributed by atoms with Crippen molar-refractivity contribution in [2.45, 2.75) is 32.6 Å². The molecule has 116 valence electrons. The number of phenols is 1. The predicted octanol–water partition coefficient (Wildman–Crippen LogP) is 2.46. The summed E-state index contributed by atoms with van der Waals surface area (Å²) in [6.07, 6.45) is 0.265. The van der Waals surface area contributed by atoms with E-state index in [2.05, 4.69) is 0 Å². The molecule has 0 heterocycles. The zero-order valence-electron chi connectivity index (χ0n) is 12.3. The zero-order valence-corrected chi connectivity index (χ0v) is 12.3. The average molecular weight is 296 g/mol. The Hall–Kier alpha value is -2.24. The van der Waals surface area contributed by atoms with Crippen LogP contribution in [-0.2, 0) is 9.59 Å². The Morgan fingerprint density at radius 2 is 1.81 bits per heavy atom. The van der Waals surface area contributed by atoms with Gasteiger partial charge in [0, 0.05) is 5.92 Å². The molecule has 0 fully saturated rings. The average Bonchev–Trinajstić information content (AvgIpc) is 2.43.